The van der Waals surface area contributed by atoms with Crippen LogP contribution in [-0.4, -0.2) is 39.8 Å². The van der Waals surface area contributed by atoms with E-state index in [2.05, 4.69) is 5.32 Å². The molecule has 186 valence electrons. The molecule has 1 saturated heterocycles. The number of amides is 3. The second-order valence-corrected chi connectivity index (χ2v) is 11.2. The Morgan fingerprint density at radius 2 is 1.72 bits per heavy atom. The molecule has 3 heterocycles. The largest absolute Gasteiger partial charge is 0.508 e. The van der Waals surface area contributed by atoms with Crippen molar-refractivity contribution in [3.8, 4) is 11.5 Å². The van der Waals surface area contributed by atoms with Crippen molar-refractivity contribution in [3.63, 3.8) is 0 Å². The van der Waals surface area contributed by atoms with Gasteiger partial charge in [-0.15, -0.1) is 0 Å². The van der Waals surface area contributed by atoms with Crippen molar-refractivity contribution < 1.29 is 24.2 Å². The number of thiazole rings is 1. The van der Waals surface area contributed by atoms with Crippen LogP contribution < -0.4 is 19.8 Å². The summed E-state index contributed by atoms with van der Waals surface area (Å²) >= 11 is 2.17. The molecule has 2 N–H and O–H groups in total. The Hall–Kier alpha value is -3.57. The molecule has 3 aromatic rings. The third kappa shape index (κ3) is 3.88. The fourth-order valence-corrected chi connectivity index (χ4v) is 7.68. The van der Waals surface area contributed by atoms with Crippen LogP contribution in [0.3, 0.4) is 0 Å². The lowest BCUT2D eigenvalue weighted by atomic mass is 9.76. The van der Waals surface area contributed by atoms with Crippen LogP contribution in [-0.2, 0) is 26.3 Å². The number of fused-ring (bicyclic) bond motifs is 2. The van der Waals surface area contributed by atoms with Gasteiger partial charge in [-0.3, -0.25) is 23.7 Å². The van der Waals surface area contributed by atoms with E-state index in [1.54, 1.807) is 36.4 Å². The Kier molecular flexibility index (Phi) is 5.92. The zero-order valence-corrected chi connectivity index (χ0v) is 21.3. The molecule has 3 amide bonds. The first-order valence-corrected chi connectivity index (χ1v) is 12.8. The standard InChI is InChI=1S/C25H23N3O6S2/c1-25(2)18-19(22(32)28(21(18)31)14-6-10-16(34-3)11-7-14)35-23-20(25)36-24(33)27(23)12-17(30)26-13-4-8-15(29)9-5-13/h4-11,18-19,29H,12H2,1-3H3,(H,26,30)/t18-,19+/m1/s1. The van der Waals surface area contributed by atoms with Gasteiger partial charge in [0.05, 0.1) is 23.7 Å². The lowest BCUT2D eigenvalue weighted by Gasteiger charge is -2.36. The summed E-state index contributed by atoms with van der Waals surface area (Å²) in [6.07, 6.45) is 0. The maximum Gasteiger partial charge on any atom is 0.308 e. The zero-order chi connectivity index (χ0) is 25.8. The molecule has 0 spiro atoms. The summed E-state index contributed by atoms with van der Waals surface area (Å²) in [5.41, 5.74) is 0.155. The van der Waals surface area contributed by atoms with Crippen molar-refractivity contribution in [3.05, 3.63) is 63.1 Å². The van der Waals surface area contributed by atoms with Crippen LogP contribution in [0.1, 0.15) is 18.7 Å². The molecule has 5 rings (SSSR count). The van der Waals surface area contributed by atoms with Gasteiger partial charge < -0.3 is 15.2 Å². The number of carbonyl (C=O) groups excluding carboxylic acids is 3. The molecule has 2 aromatic carbocycles. The summed E-state index contributed by atoms with van der Waals surface area (Å²) in [7, 11) is 1.54. The van der Waals surface area contributed by atoms with Crippen LogP contribution in [0.5, 0.6) is 11.5 Å². The third-order valence-corrected chi connectivity index (χ3v) is 9.31. The maximum atomic E-state index is 13.5. The number of ether oxygens (including phenoxy) is 1. The van der Waals surface area contributed by atoms with Gasteiger partial charge in [0, 0.05) is 16.0 Å². The fraction of sp³-hybridized carbons (Fsp3) is 0.280. The maximum absolute atomic E-state index is 13.5. The minimum atomic E-state index is -0.790. The first-order chi connectivity index (χ1) is 17.1. The average Bonchev–Trinajstić information content (AvgIpc) is 3.29. The van der Waals surface area contributed by atoms with Crippen LogP contribution in [0.25, 0.3) is 0 Å². The van der Waals surface area contributed by atoms with Crippen LogP contribution in [0.4, 0.5) is 11.4 Å². The number of rotatable bonds is 5. The Balaban J connectivity index is 1.45. The molecule has 0 saturated carbocycles. The van der Waals surface area contributed by atoms with Gasteiger partial charge in [-0.1, -0.05) is 36.9 Å². The highest BCUT2D eigenvalue weighted by molar-refractivity contribution is 8.00. The van der Waals surface area contributed by atoms with Crippen molar-refractivity contribution in [2.45, 2.75) is 36.1 Å². The number of hydrogen-bond acceptors (Lipinski definition) is 8. The second-order valence-electron chi connectivity index (χ2n) is 9.13. The molecule has 2 aliphatic rings. The van der Waals surface area contributed by atoms with Crippen LogP contribution >= 0.6 is 23.1 Å². The topological polar surface area (TPSA) is 118 Å². The number of thioether (sulfide) groups is 1. The lowest BCUT2D eigenvalue weighted by Crippen LogP contribution is -2.41. The Labute approximate surface area is 214 Å². The highest BCUT2D eigenvalue weighted by atomic mass is 32.2. The number of nitrogens with one attached hydrogen (secondary N) is 1. The normalized spacial score (nSPS) is 20.1. The number of phenolic OH excluding ortho intramolecular Hbond substituents is 1. The lowest BCUT2D eigenvalue weighted by molar-refractivity contribution is -0.123. The van der Waals surface area contributed by atoms with Gasteiger partial charge in [0.15, 0.2) is 0 Å². The number of nitrogens with zero attached hydrogens (tertiary/aromatic N) is 2. The Bertz CT molecular complexity index is 1430. The van der Waals surface area contributed by atoms with E-state index in [-0.39, 0.29) is 29.0 Å². The number of imide groups is 1. The monoisotopic (exact) mass is 525 g/mol. The van der Waals surface area contributed by atoms with Crippen LogP contribution in [0, 0.1) is 5.92 Å². The number of carbonyl (C=O) groups is 3. The highest BCUT2D eigenvalue weighted by Crippen LogP contribution is 2.54. The van der Waals surface area contributed by atoms with Gasteiger partial charge in [-0.05, 0) is 48.5 Å². The molecule has 0 bridgehead atoms. The quantitative estimate of drug-likeness (QED) is 0.388. The smallest absolute Gasteiger partial charge is 0.308 e. The molecule has 0 aliphatic carbocycles. The molecular formula is C25H23N3O6S2. The SMILES string of the molecule is COc1ccc(N2C(=O)[C@H]3Sc4c(sc(=O)n4CC(=O)Nc4ccc(O)cc4)C(C)(C)[C@H]3C2=O)cc1. The minimum absolute atomic E-state index is 0.0729. The molecule has 36 heavy (non-hydrogen) atoms. The molecule has 2 aliphatic heterocycles. The fourth-order valence-electron chi connectivity index (χ4n) is 4.64. The van der Waals surface area contributed by atoms with Gasteiger partial charge >= 0.3 is 4.87 Å². The summed E-state index contributed by atoms with van der Waals surface area (Å²) in [6, 6.07) is 12.7. The predicted molar refractivity (Wildman–Crippen MR) is 137 cm³/mol. The molecular weight excluding hydrogens is 502 g/mol. The van der Waals surface area contributed by atoms with E-state index in [4.69, 9.17) is 4.74 Å². The van der Waals surface area contributed by atoms with Gasteiger partial charge in [-0.2, -0.15) is 0 Å². The van der Waals surface area contributed by atoms with Crippen molar-refractivity contribution in [2.75, 3.05) is 17.3 Å². The van der Waals surface area contributed by atoms with Crippen LogP contribution in [0.2, 0.25) is 0 Å². The van der Waals surface area contributed by atoms with Crippen LogP contribution in [0.15, 0.2) is 58.4 Å². The number of anilines is 2. The Morgan fingerprint density at radius 1 is 1.06 bits per heavy atom. The van der Waals surface area contributed by atoms with E-state index < -0.39 is 22.5 Å². The van der Waals surface area contributed by atoms with E-state index in [1.807, 2.05) is 13.8 Å². The summed E-state index contributed by atoms with van der Waals surface area (Å²) in [5, 5.41) is 12.0. The van der Waals surface area contributed by atoms with Crippen molar-refractivity contribution in [2.24, 2.45) is 5.92 Å². The number of hydrogen-bond donors (Lipinski definition) is 2. The molecule has 1 aromatic heterocycles. The van der Waals surface area contributed by atoms with Crippen molar-refractivity contribution in [1.29, 1.82) is 0 Å². The van der Waals surface area contributed by atoms with E-state index in [0.29, 0.717) is 27.0 Å². The van der Waals surface area contributed by atoms with Gasteiger partial charge in [0.25, 0.3) is 0 Å². The first-order valence-electron chi connectivity index (χ1n) is 11.1. The van der Waals surface area contributed by atoms with Crippen molar-refractivity contribution >= 4 is 52.2 Å². The molecule has 1 fully saturated rings. The van der Waals surface area contributed by atoms with E-state index in [0.717, 1.165) is 11.3 Å². The molecule has 0 radical (unpaired) electrons. The van der Waals surface area contributed by atoms with Gasteiger partial charge in [0.1, 0.15) is 23.3 Å². The first kappa shape index (κ1) is 24.1. The number of aromatic nitrogens is 1. The number of phenols is 1. The third-order valence-electron chi connectivity index (χ3n) is 6.49. The summed E-state index contributed by atoms with van der Waals surface area (Å²) < 4.78 is 6.54. The van der Waals surface area contributed by atoms with Crippen molar-refractivity contribution in [1.82, 2.24) is 4.57 Å². The van der Waals surface area contributed by atoms with Gasteiger partial charge in [-0.25, -0.2) is 4.90 Å². The summed E-state index contributed by atoms with van der Waals surface area (Å²) in [5.74, 6) is -1.04. The summed E-state index contributed by atoms with van der Waals surface area (Å²) in [4.78, 5) is 54.2. The number of methoxy groups -OCH3 is 1. The second kappa shape index (κ2) is 8.82. The zero-order valence-electron chi connectivity index (χ0n) is 19.7. The summed E-state index contributed by atoms with van der Waals surface area (Å²) in [6.45, 7) is 3.49. The molecule has 11 heteroatoms. The minimum Gasteiger partial charge on any atom is -0.508 e. The predicted octanol–water partition coefficient (Wildman–Crippen LogP) is 3.20. The molecule has 0 unspecified atom stereocenters. The molecule has 2 atom stereocenters. The number of aromatic hydroxyl groups is 1. The van der Waals surface area contributed by atoms with E-state index in [1.165, 1.54) is 40.5 Å². The number of benzene rings is 2. The Morgan fingerprint density at radius 3 is 2.36 bits per heavy atom. The average molecular weight is 526 g/mol. The van der Waals surface area contributed by atoms with E-state index in [9.17, 15) is 24.3 Å². The van der Waals surface area contributed by atoms with E-state index >= 15 is 0 Å². The molecule has 9 nitrogen and oxygen atoms in total. The van der Waals surface area contributed by atoms with Gasteiger partial charge in [0.2, 0.25) is 17.7 Å². The highest BCUT2D eigenvalue weighted by Gasteiger charge is 2.59.